The summed E-state index contributed by atoms with van der Waals surface area (Å²) in [7, 11) is 1.98. The summed E-state index contributed by atoms with van der Waals surface area (Å²) in [5, 5.41) is 9.70. The maximum Gasteiger partial charge on any atom is 0.131 e. The zero-order chi connectivity index (χ0) is 12.6. The predicted molar refractivity (Wildman–Crippen MR) is 67.6 cm³/mol. The van der Waals surface area contributed by atoms with Crippen LogP contribution in [0.15, 0.2) is 18.2 Å². The summed E-state index contributed by atoms with van der Waals surface area (Å²) in [4.78, 5) is 2.09. The number of aliphatic hydroxyl groups is 1. The van der Waals surface area contributed by atoms with Gasteiger partial charge in [0, 0.05) is 24.3 Å². The fraction of sp³-hybridized carbons (Fsp3) is 0.571. The molecule has 2 rings (SSSR count). The molecule has 1 aromatic rings. The number of hydrogen-bond donors (Lipinski definition) is 1. The first-order chi connectivity index (χ1) is 8.02. The van der Waals surface area contributed by atoms with Gasteiger partial charge in [0.05, 0.1) is 6.10 Å². The Hall–Kier alpha value is -1.09. The minimum atomic E-state index is -0.778. The molecule has 1 fully saturated rings. The van der Waals surface area contributed by atoms with Gasteiger partial charge in [-0.1, -0.05) is 6.07 Å². The van der Waals surface area contributed by atoms with E-state index in [0.717, 1.165) is 5.69 Å². The van der Waals surface area contributed by atoms with Crippen molar-refractivity contribution in [2.75, 3.05) is 11.9 Å². The predicted octanol–water partition coefficient (Wildman–Crippen LogP) is 3.11. The maximum atomic E-state index is 13.8. The van der Waals surface area contributed by atoms with E-state index in [9.17, 15) is 9.50 Å². The Morgan fingerprint density at radius 1 is 1.35 bits per heavy atom. The summed E-state index contributed by atoms with van der Waals surface area (Å²) in [6.45, 7) is 3.77. The van der Waals surface area contributed by atoms with Crippen molar-refractivity contribution in [1.29, 1.82) is 0 Å². The quantitative estimate of drug-likeness (QED) is 0.869. The van der Waals surface area contributed by atoms with Gasteiger partial charge in [-0.2, -0.15) is 0 Å². The van der Waals surface area contributed by atoms with E-state index in [1.807, 2.05) is 13.1 Å². The summed E-state index contributed by atoms with van der Waals surface area (Å²) in [5.74, 6) is 0.387. The normalized spacial score (nSPS) is 18.9. The molecule has 0 amide bonds. The average molecular weight is 237 g/mol. The molecule has 3 heteroatoms. The standard InChI is InChI=1S/C14H20FNO/c1-9(11-7-8-11)16(3)13-6-4-5-12(15)14(13)10(2)17/h4-6,9-11,17H,7-8H2,1-3H3/t9?,10-/m0/s1. The molecule has 1 aromatic carbocycles. The van der Waals surface area contributed by atoms with E-state index in [0.29, 0.717) is 17.5 Å². The fourth-order valence-electron chi connectivity index (χ4n) is 2.36. The van der Waals surface area contributed by atoms with Gasteiger partial charge < -0.3 is 10.0 Å². The van der Waals surface area contributed by atoms with Crippen LogP contribution in [-0.2, 0) is 0 Å². The summed E-state index contributed by atoms with van der Waals surface area (Å²) >= 11 is 0. The Kier molecular flexibility index (Phi) is 3.38. The summed E-state index contributed by atoms with van der Waals surface area (Å²) < 4.78 is 13.8. The van der Waals surface area contributed by atoms with E-state index in [2.05, 4.69) is 11.8 Å². The van der Waals surface area contributed by atoms with Crippen LogP contribution >= 0.6 is 0 Å². The molecule has 0 spiro atoms. The summed E-state index contributed by atoms with van der Waals surface area (Å²) in [6.07, 6.45) is 1.73. The van der Waals surface area contributed by atoms with Crippen LogP contribution in [0.2, 0.25) is 0 Å². The van der Waals surface area contributed by atoms with Crippen molar-refractivity contribution in [1.82, 2.24) is 0 Å². The molecule has 1 N–H and O–H groups in total. The highest BCUT2D eigenvalue weighted by atomic mass is 19.1. The fourth-order valence-corrected chi connectivity index (χ4v) is 2.36. The highest BCUT2D eigenvalue weighted by molar-refractivity contribution is 5.55. The molecule has 0 saturated heterocycles. The zero-order valence-corrected chi connectivity index (χ0v) is 10.7. The molecule has 17 heavy (non-hydrogen) atoms. The van der Waals surface area contributed by atoms with Gasteiger partial charge in [0.15, 0.2) is 0 Å². The molecule has 94 valence electrons. The number of halogens is 1. The van der Waals surface area contributed by atoms with Crippen LogP contribution in [0.3, 0.4) is 0 Å². The second kappa shape index (κ2) is 4.65. The highest BCUT2D eigenvalue weighted by Crippen LogP contribution is 2.38. The van der Waals surface area contributed by atoms with Crippen LogP contribution in [0.1, 0.15) is 38.4 Å². The molecule has 2 nitrogen and oxygen atoms in total. The Labute approximate surface area is 102 Å². The lowest BCUT2D eigenvalue weighted by atomic mass is 10.0. The van der Waals surface area contributed by atoms with Gasteiger partial charge in [0.25, 0.3) is 0 Å². The van der Waals surface area contributed by atoms with Crippen molar-refractivity contribution in [2.45, 2.75) is 38.8 Å². The van der Waals surface area contributed by atoms with E-state index < -0.39 is 6.10 Å². The van der Waals surface area contributed by atoms with Crippen molar-refractivity contribution in [3.63, 3.8) is 0 Å². The Morgan fingerprint density at radius 2 is 2.00 bits per heavy atom. The molecule has 1 unspecified atom stereocenters. The first-order valence-corrected chi connectivity index (χ1v) is 6.21. The lowest BCUT2D eigenvalue weighted by Crippen LogP contribution is -2.31. The lowest BCUT2D eigenvalue weighted by Gasteiger charge is -2.30. The lowest BCUT2D eigenvalue weighted by molar-refractivity contribution is 0.194. The monoisotopic (exact) mass is 237 g/mol. The van der Waals surface area contributed by atoms with Crippen molar-refractivity contribution >= 4 is 5.69 Å². The number of nitrogens with zero attached hydrogens (tertiary/aromatic N) is 1. The van der Waals surface area contributed by atoms with Gasteiger partial charge in [-0.05, 0) is 44.7 Å². The minimum Gasteiger partial charge on any atom is -0.389 e. The van der Waals surface area contributed by atoms with Gasteiger partial charge in [0.1, 0.15) is 5.82 Å². The van der Waals surface area contributed by atoms with Gasteiger partial charge in [-0.3, -0.25) is 0 Å². The van der Waals surface area contributed by atoms with Crippen LogP contribution in [0, 0.1) is 11.7 Å². The highest BCUT2D eigenvalue weighted by Gasteiger charge is 2.31. The minimum absolute atomic E-state index is 0.327. The average Bonchev–Trinajstić information content (AvgIpc) is 3.10. The number of hydrogen-bond acceptors (Lipinski definition) is 2. The van der Waals surface area contributed by atoms with Crippen LogP contribution in [0.25, 0.3) is 0 Å². The third kappa shape index (κ3) is 2.44. The van der Waals surface area contributed by atoms with Crippen LogP contribution < -0.4 is 4.90 Å². The van der Waals surface area contributed by atoms with Crippen molar-refractivity contribution in [2.24, 2.45) is 5.92 Å². The van der Waals surface area contributed by atoms with Crippen LogP contribution in [-0.4, -0.2) is 18.2 Å². The second-order valence-electron chi connectivity index (χ2n) is 5.04. The third-order valence-corrected chi connectivity index (χ3v) is 3.74. The van der Waals surface area contributed by atoms with Gasteiger partial charge >= 0.3 is 0 Å². The molecule has 0 aromatic heterocycles. The van der Waals surface area contributed by atoms with E-state index >= 15 is 0 Å². The number of aliphatic hydroxyl groups excluding tert-OH is 1. The first-order valence-electron chi connectivity index (χ1n) is 6.21. The SMILES string of the molecule is CC(C1CC1)N(C)c1cccc(F)c1[C@H](C)O. The Balaban J connectivity index is 2.33. The number of anilines is 1. The number of rotatable bonds is 4. The molecule has 1 saturated carbocycles. The van der Waals surface area contributed by atoms with E-state index in [1.165, 1.54) is 18.9 Å². The largest absolute Gasteiger partial charge is 0.389 e. The van der Waals surface area contributed by atoms with E-state index in [4.69, 9.17) is 0 Å². The van der Waals surface area contributed by atoms with Gasteiger partial charge in [0.2, 0.25) is 0 Å². The molecule has 2 atom stereocenters. The van der Waals surface area contributed by atoms with Crippen molar-refractivity contribution < 1.29 is 9.50 Å². The molecule has 0 aliphatic heterocycles. The Bertz CT molecular complexity index is 401. The summed E-state index contributed by atoms with van der Waals surface area (Å²) in [5.41, 5.74) is 1.21. The van der Waals surface area contributed by atoms with Gasteiger partial charge in [-0.25, -0.2) is 4.39 Å². The molecular formula is C14H20FNO. The van der Waals surface area contributed by atoms with E-state index in [-0.39, 0.29) is 5.82 Å². The Morgan fingerprint density at radius 3 is 2.53 bits per heavy atom. The molecule has 1 aliphatic carbocycles. The second-order valence-corrected chi connectivity index (χ2v) is 5.04. The molecule has 0 heterocycles. The third-order valence-electron chi connectivity index (χ3n) is 3.74. The van der Waals surface area contributed by atoms with Crippen molar-refractivity contribution in [3.8, 4) is 0 Å². The smallest absolute Gasteiger partial charge is 0.131 e. The molecule has 0 radical (unpaired) electrons. The van der Waals surface area contributed by atoms with Crippen molar-refractivity contribution in [3.05, 3.63) is 29.6 Å². The topological polar surface area (TPSA) is 23.5 Å². The van der Waals surface area contributed by atoms with Gasteiger partial charge in [-0.15, -0.1) is 0 Å². The van der Waals surface area contributed by atoms with Crippen LogP contribution in [0.4, 0.5) is 10.1 Å². The zero-order valence-electron chi connectivity index (χ0n) is 10.7. The van der Waals surface area contributed by atoms with E-state index in [1.54, 1.807) is 13.0 Å². The molecule has 0 bridgehead atoms. The molecule has 1 aliphatic rings. The molecular weight excluding hydrogens is 217 g/mol. The van der Waals surface area contributed by atoms with Crippen LogP contribution in [0.5, 0.6) is 0 Å². The first kappa shape index (κ1) is 12.4. The number of benzene rings is 1. The maximum absolute atomic E-state index is 13.8. The summed E-state index contributed by atoms with van der Waals surface area (Å²) in [6, 6.07) is 5.38.